The number of ether oxygens (including phenoxy) is 2. The second kappa shape index (κ2) is 6.48. The summed E-state index contributed by atoms with van der Waals surface area (Å²) in [6.45, 7) is 5.43. The molecule has 1 amide bonds. The van der Waals surface area contributed by atoms with Crippen molar-refractivity contribution in [3.05, 3.63) is 35.9 Å². The van der Waals surface area contributed by atoms with Crippen LogP contribution in [0.15, 0.2) is 30.9 Å². The third-order valence-electron chi connectivity index (χ3n) is 2.83. The average molecular weight is 282 g/mol. The minimum Gasteiger partial charge on any atom is -0.488 e. The van der Waals surface area contributed by atoms with Gasteiger partial charge in [-0.3, -0.25) is 0 Å². The van der Waals surface area contributed by atoms with Gasteiger partial charge in [0.15, 0.2) is 0 Å². The van der Waals surface area contributed by atoms with Gasteiger partial charge in [-0.25, -0.2) is 4.79 Å². The molecule has 19 heavy (non-hydrogen) atoms. The zero-order valence-electron chi connectivity index (χ0n) is 10.6. The molecule has 0 bridgehead atoms. The van der Waals surface area contributed by atoms with Crippen LogP contribution in [0.5, 0.6) is 11.5 Å². The molecule has 0 N–H and O–H groups in total. The van der Waals surface area contributed by atoms with Crippen molar-refractivity contribution in [1.82, 2.24) is 4.90 Å². The lowest BCUT2D eigenvalue weighted by atomic mass is 10.3. The molecule has 1 aliphatic heterocycles. The largest absolute Gasteiger partial charge is 0.488 e. The van der Waals surface area contributed by atoms with Crippen molar-refractivity contribution in [3.63, 3.8) is 0 Å². The van der Waals surface area contributed by atoms with Crippen molar-refractivity contribution in [2.24, 2.45) is 0 Å². The standard InChI is InChI=1S/C14H16ClNO3/c1-2-9-18-13-10-11(5-6-12(13)15)19-14(17)16-7-3-4-8-16/h2,5-6,10H,1,3-4,7-9H2. The summed E-state index contributed by atoms with van der Waals surface area (Å²) in [6, 6.07) is 4.91. The monoisotopic (exact) mass is 281 g/mol. The second-order valence-electron chi connectivity index (χ2n) is 4.25. The maximum Gasteiger partial charge on any atom is 0.415 e. The van der Waals surface area contributed by atoms with Gasteiger partial charge in [-0.1, -0.05) is 24.3 Å². The molecule has 1 saturated heterocycles. The summed E-state index contributed by atoms with van der Waals surface area (Å²) in [5.74, 6) is 0.911. The van der Waals surface area contributed by atoms with Crippen molar-refractivity contribution < 1.29 is 14.3 Å². The molecule has 4 nitrogen and oxygen atoms in total. The van der Waals surface area contributed by atoms with Crippen molar-refractivity contribution in [1.29, 1.82) is 0 Å². The smallest absolute Gasteiger partial charge is 0.415 e. The Labute approximate surface area is 117 Å². The topological polar surface area (TPSA) is 38.8 Å². The highest BCUT2D eigenvalue weighted by molar-refractivity contribution is 6.32. The summed E-state index contributed by atoms with van der Waals surface area (Å²) in [7, 11) is 0. The molecule has 0 saturated carbocycles. The first-order valence-corrected chi connectivity index (χ1v) is 6.58. The van der Waals surface area contributed by atoms with E-state index in [4.69, 9.17) is 21.1 Å². The number of hydrogen-bond acceptors (Lipinski definition) is 3. The van der Waals surface area contributed by atoms with E-state index in [-0.39, 0.29) is 6.09 Å². The zero-order valence-corrected chi connectivity index (χ0v) is 11.4. The first-order chi connectivity index (χ1) is 9.20. The van der Waals surface area contributed by atoms with Gasteiger partial charge in [0.1, 0.15) is 18.1 Å². The van der Waals surface area contributed by atoms with Gasteiger partial charge in [-0.05, 0) is 25.0 Å². The fourth-order valence-corrected chi connectivity index (χ4v) is 2.04. The molecule has 1 fully saturated rings. The van der Waals surface area contributed by atoms with Crippen molar-refractivity contribution in [2.75, 3.05) is 19.7 Å². The number of carbonyl (C=O) groups excluding carboxylic acids is 1. The van der Waals surface area contributed by atoms with Crippen LogP contribution in [0, 0.1) is 0 Å². The molecule has 1 aliphatic rings. The summed E-state index contributed by atoms with van der Waals surface area (Å²) in [4.78, 5) is 13.5. The fraction of sp³-hybridized carbons (Fsp3) is 0.357. The Morgan fingerprint density at radius 3 is 2.84 bits per heavy atom. The van der Waals surface area contributed by atoms with E-state index in [2.05, 4.69) is 6.58 Å². The summed E-state index contributed by atoms with van der Waals surface area (Å²) < 4.78 is 10.7. The van der Waals surface area contributed by atoms with Crippen LogP contribution in [0.4, 0.5) is 4.79 Å². The molecule has 0 aromatic heterocycles. The Hall–Kier alpha value is -1.68. The Balaban J connectivity index is 2.03. The van der Waals surface area contributed by atoms with E-state index in [1.807, 2.05) is 0 Å². The normalized spacial score (nSPS) is 14.3. The van der Waals surface area contributed by atoms with Gasteiger partial charge in [0, 0.05) is 19.2 Å². The lowest BCUT2D eigenvalue weighted by Gasteiger charge is -2.15. The number of amides is 1. The van der Waals surface area contributed by atoms with Gasteiger partial charge in [0.2, 0.25) is 0 Å². The van der Waals surface area contributed by atoms with E-state index in [0.717, 1.165) is 25.9 Å². The van der Waals surface area contributed by atoms with Crippen molar-refractivity contribution in [2.45, 2.75) is 12.8 Å². The lowest BCUT2D eigenvalue weighted by Crippen LogP contribution is -2.30. The predicted octanol–water partition coefficient (Wildman–Crippen LogP) is 3.50. The van der Waals surface area contributed by atoms with Crippen LogP contribution >= 0.6 is 11.6 Å². The van der Waals surface area contributed by atoms with Crippen LogP contribution in [-0.2, 0) is 0 Å². The summed E-state index contributed by atoms with van der Waals surface area (Å²) in [5, 5.41) is 0.475. The lowest BCUT2D eigenvalue weighted by molar-refractivity contribution is 0.162. The predicted molar refractivity (Wildman–Crippen MR) is 74.0 cm³/mol. The first kappa shape index (κ1) is 13.7. The molecule has 1 aromatic rings. The van der Waals surface area contributed by atoms with Crippen molar-refractivity contribution in [3.8, 4) is 11.5 Å². The van der Waals surface area contributed by atoms with Gasteiger partial charge in [-0.15, -0.1) is 0 Å². The number of rotatable bonds is 4. The van der Waals surface area contributed by atoms with Crippen LogP contribution in [0.2, 0.25) is 5.02 Å². The van der Waals surface area contributed by atoms with E-state index in [1.54, 1.807) is 29.2 Å². The highest BCUT2D eigenvalue weighted by Crippen LogP contribution is 2.29. The Morgan fingerprint density at radius 2 is 2.16 bits per heavy atom. The first-order valence-electron chi connectivity index (χ1n) is 6.20. The van der Waals surface area contributed by atoms with E-state index < -0.39 is 0 Å². The molecule has 0 aliphatic carbocycles. The molecule has 5 heteroatoms. The molecular weight excluding hydrogens is 266 g/mol. The maximum atomic E-state index is 11.8. The highest BCUT2D eigenvalue weighted by Gasteiger charge is 2.20. The summed E-state index contributed by atoms with van der Waals surface area (Å²) in [5.41, 5.74) is 0. The van der Waals surface area contributed by atoms with Crippen LogP contribution < -0.4 is 9.47 Å². The number of nitrogens with zero attached hydrogens (tertiary/aromatic N) is 1. The van der Waals surface area contributed by atoms with E-state index >= 15 is 0 Å². The van der Waals surface area contributed by atoms with Crippen LogP contribution in [0.25, 0.3) is 0 Å². The van der Waals surface area contributed by atoms with Crippen LogP contribution in [0.1, 0.15) is 12.8 Å². The Kier molecular flexibility index (Phi) is 4.68. The van der Waals surface area contributed by atoms with Gasteiger partial charge in [0.25, 0.3) is 0 Å². The third-order valence-corrected chi connectivity index (χ3v) is 3.14. The highest BCUT2D eigenvalue weighted by atomic mass is 35.5. The van der Waals surface area contributed by atoms with E-state index in [1.165, 1.54) is 0 Å². The molecule has 1 heterocycles. The van der Waals surface area contributed by atoms with Crippen LogP contribution in [0.3, 0.4) is 0 Å². The minimum atomic E-state index is -0.325. The van der Waals surface area contributed by atoms with Gasteiger partial charge in [-0.2, -0.15) is 0 Å². The fourth-order valence-electron chi connectivity index (χ4n) is 1.87. The zero-order chi connectivity index (χ0) is 13.7. The van der Waals surface area contributed by atoms with Gasteiger partial charge >= 0.3 is 6.09 Å². The molecule has 102 valence electrons. The third kappa shape index (κ3) is 3.64. The van der Waals surface area contributed by atoms with E-state index in [0.29, 0.717) is 23.1 Å². The van der Waals surface area contributed by atoms with Crippen molar-refractivity contribution >= 4 is 17.7 Å². The molecular formula is C14H16ClNO3. The van der Waals surface area contributed by atoms with E-state index in [9.17, 15) is 4.79 Å². The number of carbonyl (C=O) groups is 1. The molecule has 0 radical (unpaired) electrons. The average Bonchev–Trinajstić information content (AvgIpc) is 2.93. The SMILES string of the molecule is C=CCOc1cc(OC(=O)N2CCCC2)ccc1Cl. The number of likely N-dealkylation sites (tertiary alicyclic amines) is 1. The van der Waals surface area contributed by atoms with Gasteiger partial charge < -0.3 is 14.4 Å². The summed E-state index contributed by atoms with van der Waals surface area (Å²) >= 11 is 5.99. The Morgan fingerprint density at radius 1 is 1.42 bits per heavy atom. The van der Waals surface area contributed by atoms with Gasteiger partial charge in [0.05, 0.1) is 5.02 Å². The molecule has 0 atom stereocenters. The number of benzene rings is 1. The molecule has 1 aromatic carbocycles. The summed E-state index contributed by atoms with van der Waals surface area (Å²) in [6.07, 6.45) is 3.36. The maximum absolute atomic E-state index is 11.8. The minimum absolute atomic E-state index is 0.325. The molecule has 0 unspecified atom stereocenters. The quantitative estimate of drug-likeness (QED) is 0.793. The molecule has 0 spiro atoms. The number of halogens is 1. The number of hydrogen-bond donors (Lipinski definition) is 0. The Bertz CT molecular complexity index is 470. The van der Waals surface area contributed by atoms with Crippen LogP contribution in [-0.4, -0.2) is 30.7 Å². The second-order valence-corrected chi connectivity index (χ2v) is 4.66. The molecule has 2 rings (SSSR count).